The minimum absolute atomic E-state index is 0.118. The summed E-state index contributed by atoms with van der Waals surface area (Å²) in [6, 6.07) is 5.28. The number of anilines is 3. The molecule has 0 unspecified atom stereocenters. The Kier molecular flexibility index (Phi) is 12.6. The van der Waals surface area contributed by atoms with E-state index in [1.54, 1.807) is 28.9 Å². The minimum Gasteiger partial charge on any atom is -0.481 e. The molecule has 2 atom stereocenters. The van der Waals surface area contributed by atoms with Crippen LogP contribution < -0.4 is 19.4 Å². The van der Waals surface area contributed by atoms with Crippen LogP contribution >= 0.6 is 0 Å². The van der Waals surface area contributed by atoms with E-state index in [1.807, 2.05) is 6.92 Å². The Bertz CT molecular complexity index is 1580. The third kappa shape index (κ3) is 9.04. The van der Waals surface area contributed by atoms with Gasteiger partial charge in [-0.05, 0) is 49.1 Å². The zero-order valence-electron chi connectivity index (χ0n) is 27.7. The number of rotatable bonds is 15. The average Bonchev–Trinajstić information content (AvgIpc) is 3.09. The second kappa shape index (κ2) is 16.6. The summed E-state index contributed by atoms with van der Waals surface area (Å²) in [5, 5.41) is 9.25. The van der Waals surface area contributed by atoms with E-state index in [2.05, 4.69) is 15.0 Å². The number of amides is 1. The van der Waals surface area contributed by atoms with Gasteiger partial charge in [0.05, 0.1) is 67.8 Å². The molecule has 1 aliphatic rings. The van der Waals surface area contributed by atoms with Crippen LogP contribution in [-0.2, 0) is 33.7 Å². The van der Waals surface area contributed by atoms with E-state index in [1.165, 1.54) is 37.6 Å². The molecular formula is C33H40F4N6O6. The van der Waals surface area contributed by atoms with Crippen molar-refractivity contribution in [1.29, 1.82) is 0 Å². The number of carbonyl (C=O) groups is 2. The first-order valence-corrected chi connectivity index (χ1v) is 15.7. The van der Waals surface area contributed by atoms with Crippen LogP contribution in [0.1, 0.15) is 61.5 Å². The summed E-state index contributed by atoms with van der Waals surface area (Å²) in [6.45, 7) is 3.27. The summed E-state index contributed by atoms with van der Waals surface area (Å²) in [5.41, 5.74) is 0.331. The lowest BCUT2D eigenvalue weighted by atomic mass is 9.92. The molecule has 0 aliphatic carbocycles. The topological polar surface area (TPSA) is 130 Å². The van der Waals surface area contributed by atoms with Crippen LogP contribution in [0.4, 0.5) is 39.7 Å². The smallest absolute Gasteiger partial charge is 0.416 e. The molecule has 0 spiro atoms. The summed E-state index contributed by atoms with van der Waals surface area (Å²) in [7, 11) is 2.96. The number of carboxylic acid groups (broad SMARTS) is 1. The van der Waals surface area contributed by atoms with Gasteiger partial charge in [0.2, 0.25) is 11.8 Å². The van der Waals surface area contributed by atoms with E-state index < -0.39 is 42.6 Å². The Labute approximate surface area is 281 Å². The Morgan fingerprint density at radius 3 is 2.37 bits per heavy atom. The zero-order valence-corrected chi connectivity index (χ0v) is 27.7. The standard InChI is InChI=1S/C33H40F4N6O6/c1-5-24-16-27(30-26(7-8-28(40-30)48-4)43(24)32(46)49-6-2)42(20-22-13-21(17-34)14-23(15-22)33(35,36)37)31-38-18-25(19-39-31)41(11-12-47-3)10-9-29(44)45/h7-8,13-15,18-19,24,27H,5-6,9-12,16-17,20H2,1-4H3,(H,44,45)/t24-,27+/m1/s1. The number of carbonyl (C=O) groups excluding carboxylic acids is 1. The lowest BCUT2D eigenvalue weighted by molar-refractivity contribution is -0.138. The molecule has 12 nitrogen and oxygen atoms in total. The van der Waals surface area contributed by atoms with E-state index in [-0.39, 0.29) is 55.5 Å². The van der Waals surface area contributed by atoms with E-state index in [9.17, 15) is 32.3 Å². The molecule has 0 fully saturated rings. The number of alkyl halides is 4. The number of nitrogens with zero attached hydrogens (tertiary/aromatic N) is 6. The molecule has 0 saturated heterocycles. The first kappa shape index (κ1) is 37.1. The Hall–Kier alpha value is -4.73. The van der Waals surface area contributed by atoms with E-state index >= 15 is 0 Å². The van der Waals surface area contributed by atoms with Crippen molar-refractivity contribution in [1.82, 2.24) is 15.0 Å². The fourth-order valence-corrected chi connectivity index (χ4v) is 5.79. The number of halogens is 4. The third-order valence-electron chi connectivity index (χ3n) is 8.13. The second-order valence-electron chi connectivity index (χ2n) is 11.3. The highest BCUT2D eigenvalue weighted by Crippen LogP contribution is 2.43. The van der Waals surface area contributed by atoms with Crippen LogP contribution in [0.2, 0.25) is 0 Å². The van der Waals surface area contributed by atoms with Crippen molar-refractivity contribution in [3.63, 3.8) is 0 Å². The summed E-state index contributed by atoms with van der Waals surface area (Å²) in [5.74, 6) is -0.626. The largest absolute Gasteiger partial charge is 0.481 e. The van der Waals surface area contributed by atoms with Crippen molar-refractivity contribution in [2.24, 2.45) is 0 Å². The molecule has 1 aromatic carbocycles. The van der Waals surface area contributed by atoms with Crippen LogP contribution in [0.25, 0.3) is 0 Å². The van der Waals surface area contributed by atoms with Gasteiger partial charge in [-0.25, -0.2) is 24.1 Å². The molecule has 3 heterocycles. The lowest BCUT2D eigenvalue weighted by Gasteiger charge is -2.43. The van der Waals surface area contributed by atoms with Crippen LogP contribution in [0.5, 0.6) is 5.88 Å². The molecule has 3 aromatic rings. The van der Waals surface area contributed by atoms with Crippen molar-refractivity contribution >= 4 is 29.4 Å². The van der Waals surface area contributed by atoms with Crippen molar-refractivity contribution < 1.29 is 46.5 Å². The molecular weight excluding hydrogens is 652 g/mol. The number of hydrogen-bond acceptors (Lipinski definition) is 10. The van der Waals surface area contributed by atoms with Crippen LogP contribution in [0.15, 0.2) is 42.7 Å². The van der Waals surface area contributed by atoms with Crippen molar-refractivity contribution in [2.75, 3.05) is 55.2 Å². The van der Waals surface area contributed by atoms with Gasteiger partial charge in [-0.1, -0.05) is 13.0 Å². The first-order valence-electron chi connectivity index (χ1n) is 15.7. The number of methoxy groups -OCH3 is 2. The van der Waals surface area contributed by atoms with E-state index in [0.717, 1.165) is 12.1 Å². The Morgan fingerprint density at radius 1 is 1.06 bits per heavy atom. The summed E-state index contributed by atoms with van der Waals surface area (Å²) in [4.78, 5) is 43.3. The number of carboxylic acids is 1. The van der Waals surface area contributed by atoms with E-state index in [4.69, 9.17) is 14.2 Å². The van der Waals surface area contributed by atoms with Gasteiger partial charge in [0.15, 0.2) is 0 Å². The maximum absolute atomic E-state index is 13.9. The van der Waals surface area contributed by atoms with Gasteiger partial charge < -0.3 is 29.1 Å². The fraction of sp³-hybridized carbons (Fsp3) is 0.485. The summed E-state index contributed by atoms with van der Waals surface area (Å²) in [6.07, 6.45) is -1.68. The fourth-order valence-electron chi connectivity index (χ4n) is 5.79. The predicted octanol–water partition coefficient (Wildman–Crippen LogP) is 6.19. The van der Waals surface area contributed by atoms with Gasteiger partial charge >= 0.3 is 18.2 Å². The maximum atomic E-state index is 13.9. The highest BCUT2D eigenvalue weighted by molar-refractivity contribution is 5.90. The quantitative estimate of drug-likeness (QED) is 0.183. The molecule has 266 valence electrons. The first-order chi connectivity index (χ1) is 23.4. The molecule has 0 bridgehead atoms. The molecule has 1 amide bonds. The highest BCUT2D eigenvalue weighted by Gasteiger charge is 2.41. The molecule has 49 heavy (non-hydrogen) atoms. The Morgan fingerprint density at radius 2 is 1.78 bits per heavy atom. The molecule has 16 heteroatoms. The van der Waals surface area contributed by atoms with E-state index in [0.29, 0.717) is 36.6 Å². The molecule has 1 N–H and O–H groups in total. The average molecular weight is 693 g/mol. The van der Waals surface area contributed by atoms with Crippen LogP contribution in [0.3, 0.4) is 0 Å². The maximum Gasteiger partial charge on any atom is 0.416 e. The van der Waals surface area contributed by atoms with Gasteiger partial charge in [-0.2, -0.15) is 13.2 Å². The summed E-state index contributed by atoms with van der Waals surface area (Å²) >= 11 is 0. The number of ether oxygens (including phenoxy) is 3. The summed E-state index contributed by atoms with van der Waals surface area (Å²) < 4.78 is 71.5. The lowest BCUT2D eigenvalue weighted by Crippen LogP contribution is -2.48. The van der Waals surface area contributed by atoms with Crippen molar-refractivity contribution in [3.05, 3.63) is 65.1 Å². The van der Waals surface area contributed by atoms with Gasteiger partial charge in [-0.15, -0.1) is 0 Å². The zero-order chi connectivity index (χ0) is 35.7. The van der Waals surface area contributed by atoms with Crippen LogP contribution in [-0.4, -0.2) is 78.7 Å². The SMILES string of the molecule is CCOC(=O)N1c2ccc(OC)nc2[C@@H](N(Cc2cc(CF)cc(C(F)(F)F)c2)c2ncc(N(CCOC)CCC(=O)O)cn2)C[C@H]1CC. The second-order valence-corrected chi connectivity index (χ2v) is 11.3. The van der Waals surface area contributed by atoms with Gasteiger partial charge in [0.1, 0.15) is 6.67 Å². The highest BCUT2D eigenvalue weighted by atomic mass is 19.4. The number of fused-ring (bicyclic) bond motifs is 1. The number of pyridine rings is 1. The van der Waals surface area contributed by atoms with Gasteiger partial charge in [0.25, 0.3) is 0 Å². The molecule has 2 aromatic heterocycles. The number of hydrogen-bond donors (Lipinski definition) is 1. The van der Waals surface area contributed by atoms with Crippen molar-refractivity contribution in [2.45, 2.75) is 64.6 Å². The van der Waals surface area contributed by atoms with Crippen LogP contribution in [0, 0.1) is 0 Å². The molecule has 1 aliphatic heterocycles. The Balaban J connectivity index is 1.87. The number of aliphatic carboxylic acids is 1. The predicted molar refractivity (Wildman–Crippen MR) is 173 cm³/mol. The third-order valence-corrected chi connectivity index (χ3v) is 8.13. The van der Waals surface area contributed by atoms with Crippen molar-refractivity contribution in [3.8, 4) is 5.88 Å². The molecule has 4 rings (SSSR count). The molecule has 0 radical (unpaired) electrons. The number of aromatic nitrogens is 3. The van der Waals surface area contributed by atoms with Gasteiger partial charge in [0, 0.05) is 38.9 Å². The van der Waals surface area contributed by atoms with Gasteiger partial charge in [-0.3, -0.25) is 9.69 Å². The molecule has 0 saturated carbocycles. The normalized spacial score (nSPS) is 15.8. The monoisotopic (exact) mass is 692 g/mol. The minimum atomic E-state index is -4.72. The number of benzene rings is 1.